The largest absolute Gasteiger partial charge is 0.493 e. The number of hydrogen-bond donors (Lipinski definition) is 1. The molecular weight excluding hydrogens is 485 g/mol. The molecule has 0 unspecified atom stereocenters. The molecule has 3 aromatic rings. The number of carbonyl (C=O) groups excluding carboxylic acids is 2. The van der Waals surface area contributed by atoms with Gasteiger partial charge in [0.25, 0.3) is 11.9 Å². The minimum atomic E-state index is -5.23. The molecule has 1 heterocycles. The molecule has 0 saturated carbocycles. The van der Waals surface area contributed by atoms with Crippen LogP contribution < -0.4 is 19.9 Å². The highest BCUT2D eigenvalue weighted by Gasteiger charge is 2.42. The Kier molecular flexibility index (Phi) is 8.25. The first kappa shape index (κ1) is 26.6. The van der Waals surface area contributed by atoms with Crippen LogP contribution in [0.25, 0.3) is 11.1 Å². The van der Waals surface area contributed by atoms with Crippen LogP contribution in [0.3, 0.4) is 0 Å². The van der Waals surface area contributed by atoms with E-state index in [4.69, 9.17) is 13.9 Å². The van der Waals surface area contributed by atoms with E-state index >= 15 is 0 Å². The van der Waals surface area contributed by atoms with Gasteiger partial charge >= 0.3 is 12.1 Å². The molecule has 13 heteroatoms. The van der Waals surface area contributed by atoms with E-state index in [-0.39, 0.29) is 11.6 Å². The van der Waals surface area contributed by atoms with Crippen LogP contribution in [0, 0.1) is 0 Å². The number of fused-ring (bicyclic) bond motifs is 1. The summed E-state index contributed by atoms with van der Waals surface area (Å²) in [5.74, 6) is -2.42. The molecule has 36 heavy (non-hydrogen) atoms. The fourth-order valence-corrected chi connectivity index (χ4v) is 3.16. The fraction of sp³-hybridized carbons (Fsp3) is 0.348. The van der Waals surface area contributed by atoms with Crippen molar-refractivity contribution >= 4 is 29.0 Å². The number of carbonyl (C=O) groups is 2. The van der Waals surface area contributed by atoms with Gasteiger partial charge in [-0.15, -0.1) is 0 Å². The Labute approximate surface area is 204 Å². The van der Waals surface area contributed by atoms with Crippen LogP contribution in [0.4, 0.5) is 19.2 Å². The Bertz CT molecular complexity index is 1230. The first-order valence-electron chi connectivity index (χ1n) is 10.6. The molecule has 1 N–H and O–H groups in total. The number of halogens is 3. The van der Waals surface area contributed by atoms with Gasteiger partial charge in [-0.25, -0.2) is 4.79 Å². The van der Waals surface area contributed by atoms with Gasteiger partial charge in [0.1, 0.15) is 5.52 Å². The van der Waals surface area contributed by atoms with Crippen LogP contribution in [0.2, 0.25) is 0 Å². The fourth-order valence-electron chi connectivity index (χ4n) is 3.16. The molecule has 0 radical (unpaired) electrons. The SMILES string of the molecule is COc1ccc(CN(CCN(C)C)c2nc3cc(C(=O)NOC(=O)C(F)(F)F)ccc3o2)cc1OC. The molecule has 0 aliphatic carbocycles. The maximum absolute atomic E-state index is 12.3. The predicted molar refractivity (Wildman–Crippen MR) is 123 cm³/mol. The van der Waals surface area contributed by atoms with Gasteiger partial charge in [-0.05, 0) is 50.0 Å². The van der Waals surface area contributed by atoms with Gasteiger partial charge in [-0.1, -0.05) is 6.07 Å². The number of alkyl halides is 3. The van der Waals surface area contributed by atoms with Gasteiger partial charge in [0.15, 0.2) is 17.1 Å². The number of benzene rings is 2. The van der Waals surface area contributed by atoms with Gasteiger partial charge in [-0.2, -0.15) is 23.6 Å². The van der Waals surface area contributed by atoms with E-state index in [1.165, 1.54) is 23.7 Å². The number of aromatic nitrogens is 1. The van der Waals surface area contributed by atoms with Crippen molar-refractivity contribution in [3.05, 3.63) is 47.5 Å². The van der Waals surface area contributed by atoms with E-state index in [1.807, 2.05) is 36.0 Å². The van der Waals surface area contributed by atoms with Crippen molar-refractivity contribution in [1.82, 2.24) is 15.4 Å². The summed E-state index contributed by atoms with van der Waals surface area (Å²) in [7, 11) is 6.95. The van der Waals surface area contributed by atoms with Crippen LogP contribution in [0.1, 0.15) is 15.9 Å². The summed E-state index contributed by atoms with van der Waals surface area (Å²) in [6, 6.07) is 9.88. The van der Waals surface area contributed by atoms with Crippen molar-refractivity contribution < 1.29 is 41.5 Å². The normalized spacial score (nSPS) is 11.4. The Balaban J connectivity index is 1.83. The minimum absolute atomic E-state index is 0.0722. The van der Waals surface area contributed by atoms with Crippen LogP contribution >= 0.6 is 0 Å². The molecule has 0 spiro atoms. The number of likely N-dealkylation sites (N-methyl/N-ethyl adjacent to an activating group) is 1. The van der Waals surface area contributed by atoms with Crippen LogP contribution in [0.15, 0.2) is 40.8 Å². The third-order valence-corrected chi connectivity index (χ3v) is 5.02. The standard InChI is InChI=1S/C23H25F3N4O6/c1-29(2)9-10-30(13-14-5-7-18(33-3)19(11-14)34-4)22-27-16-12-15(6-8-17(16)35-22)20(31)28-36-21(32)23(24,25)26/h5-8,11-12H,9-10,13H2,1-4H3,(H,28,31). The van der Waals surface area contributed by atoms with Crippen molar-refractivity contribution in [3.63, 3.8) is 0 Å². The van der Waals surface area contributed by atoms with E-state index in [9.17, 15) is 22.8 Å². The number of oxazole rings is 1. The summed E-state index contributed by atoms with van der Waals surface area (Å²) in [4.78, 5) is 35.1. The zero-order valence-corrected chi connectivity index (χ0v) is 20.0. The van der Waals surface area contributed by atoms with E-state index in [1.54, 1.807) is 20.3 Å². The Morgan fingerprint density at radius 2 is 1.75 bits per heavy atom. The lowest BCUT2D eigenvalue weighted by molar-refractivity contribution is -0.204. The number of methoxy groups -OCH3 is 2. The summed E-state index contributed by atoms with van der Waals surface area (Å²) < 4.78 is 53.4. The van der Waals surface area contributed by atoms with Gasteiger partial charge in [-0.3, -0.25) is 4.79 Å². The topological polar surface area (TPSA) is 106 Å². The number of amides is 1. The van der Waals surface area contributed by atoms with E-state index in [2.05, 4.69) is 9.82 Å². The molecule has 0 fully saturated rings. The first-order chi connectivity index (χ1) is 17.0. The van der Waals surface area contributed by atoms with Crippen LogP contribution in [0.5, 0.6) is 11.5 Å². The van der Waals surface area contributed by atoms with Gasteiger partial charge in [0.05, 0.1) is 14.2 Å². The molecule has 1 aromatic heterocycles. The lowest BCUT2D eigenvalue weighted by Gasteiger charge is -2.23. The first-order valence-corrected chi connectivity index (χ1v) is 10.6. The average Bonchev–Trinajstić information content (AvgIpc) is 3.27. The second-order valence-electron chi connectivity index (χ2n) is 7.91. The molecule has 10 nitrogen and oxygen atoms in total. The molecule has 1 amide bonds. The molecule has 0 atom stereocenters. The zero-order chi connectivity index (χ0) is 26.5. The monoisotopic (exact) mass is 510 g/mol. The van der Waals surface area contributed by atoms with E-state index in [0.717, 1.165) is 5.56 Å². The lowest BCUT2D eigenvalue weighted by Crippen LogP contribution is -2.34. The number of hydrogen-bond acceptors (Lipinski definition) is 9. The Morgan fingerprint density at radius 3 is 2.39 bits per heavy atom. The van der Waals surface area contributed by atoms with Crippen molar-refractivity contribution in [3.8, 4) is 11.5 Å². The summed E-state index contributed by atoms with van der Waals surface area (Å²) in [5, 5.41) is 0. The van der Waals surface area contributed by atoms with Gasteiger partial charge < -0.3 is 28.5 Å². The molecule has 0 saturated heterocycles. The highest BCUT2D eigenvalue weighted by atomic mass is 19.4. The molecule has 3 rings (SSSR count). The quantitative estimate of drug-likeness (QED) is 0.435. The van der Waals surface area contributed by atoms with Crippen LogP contribution in [-0.2, 0) is 16.2 Å². The maximum Gasteiger partial charge on any atom is 0.493 e. The highest BCUT2D eigenvalue weighted by molar-refractivity contribution is 5.97. The van der Waals surface area contributed by atoms with Crippen molar-refractivity contribution in [2.24, 2.45) is 0 Å². The average molecular weight is 510 g/mol. The number of hydroxylamine groups is 1. The molecule has 0 aliphatic heterocycles. The van der Waals surface area contributed by atoms with E-state index < -0.39 is 18.1 Å². The number of nitrogens with zero attached hydrogens (tertiary/aromatic N) is 3. The number of anilines is 1. The highest BCUT2D eigenvalue weighted by Crippen LogP contribution is 2.30. The van der Waals surface area contributed by atoms with Crippen molar-refractivity contribution in [2.45, 2.75) is 12.7 Å². The van der Waals surface area contributed by atoms with Crippen LogP contribution in [-0.4, -0.2) is 69.3 Å². The molecular formula is C23H25F3N4O6. The molecule has 0 bridgehead atoms. The third-order valence-electron chi connectivity index (χ3n) is 5.02. The summed E-state index contributed by atoms with van der Waals surface area (Å²) in [6.07, 6.45) is -5.23. The van der Waals surface area contributed by atoms with E-state index in [0.29, 0.717) is 42.2 Å². The third kappa shape index (κ3) is 6.56. The number of rotatable bonds is 9. The molecule has 194 valence electrons. The minimum Gasteiger partial charge on any atom is -0.493 e. The molecule has 2 aromatic carbocycles. The maximum atomic E-state index is 12.3. The summed E-state index contributed by atoms with van der Waals surface area (Å²) in [6.45, 7) is 1.65. The molecule has 0 aliphatic rings. The Morgan fingerprint density at radius 1 is 1.03 bits per heavy atom. The van der Waals surface area contributed by atoms with Gasteiger partial charge in [0, 0.05) is 25.2 Å². The van der Waals surface area contributed by atoms with Crippen molar-refractivity contribution in [2.75, 3.05) is 46.3 Å². The number of nitrogens with one attached hydrogen (secondary N) is 1. The summed E-state index contributed by atoms with van der Waals surface area (Å²) in [5.41, 5.74) is 2.96. The summed E-state index contributed by atoms with van der Waals surface area (Å²) >= 11 is 0. The zero-order valence-electron chi connectivity index (χ0n) is 20.0. The van der Waals surface area contributed by atoms with Gasteiger partial charge in [0.2, 0.25) is 0 Å². The second-order valence-corrected chi connectivity index (χ2v) is 7.91. The smallest absolute Gasteiger partial charge is 0.493 e. The lowest BCUT2D eigenvalue weighted by atomic mass is 10.2. The second kappa shape index (κ2) is 11.2. The predicted octanol–water partition coefficient (Wildman–Crippen LogP) is 3.16. The number of ether oxygens (including phenoxy) is 2. The van der Waals surface area contributed by atoms with Crippen molar-refractivity contribution in [1.29, 1.82) is 0 Å². The Hall–Kier alpha value is -4.00.